The summed E-state index contributed by atoms with van der Waals surface area (Å²) >= 11 is 0. The first-order valence-corrected chi connectivity index (χ1v) is 7.35. The molecule has 0 aliphatic carbocycles. The van der Waals surface area contributed by atoms with Crippen molar-refractivity contribution in [2.45, 2.75) is 39.4 Å². The number of esters is 1. The van der Waals surface area contributed by atoms with Crippen LogP contribution in [0.4, 0.5) is 0 Å². The molecule has 2 unspecified atom stereocenters. The molecular formula is C17H20O7. The van der Waals surface area contributed by atoms with Gasteiger partial charge in [-0.05, 0) is 44.0 Å². The van der Waals surface area contributed by atoms with Crippen LogP contribution in [0, 0.1) is 6.92 Å². The molecule has 0 aliphatic rings. The molecule has 1 aromatic carbocycles. The van der Waals surface area contributed by atoms with Gasteiger partial charge in [0.05, 0.1) is 17.2 Å². The van der Waals surface area contributed by atoms with Crippen molar-refractivity contribution in [2.24, 2.45) is 0 Å². The number of rotatable bonds is 6. The summed E-state index contributed by atoms with van der Waals surface area (Å²) in [6, 6.07) is 4.19. The van der Waals surface area contributed by atoms with E-state index >= 15 is 0 Å². The van der Waals surface area contributed by atoms with E-state index < -0.39 is 30.1 Å². The lowest BCUT2D eigenvalue weighted by Crippen LogP contribution is -2.28. The van der Waals surface area contributed by atoms with Crippen LogP contribution >= 0.6 is 0 Å². The summed E-state index contributed by atoms with van der Waals surface area (Å²) in [6.45, 7) is 8.09. The highest BCUT2D eigenvalue weighted by molar-refractivity contribution is 5.95. The van der Waals surface area contributed by atoms with Crippen LogP contribution in [-0.4, -0.2) is 35.2 Å². The van der Waals surface area contributed by atoms with Crippen LogP contribution in [0.5, 0.6) is 0 Å². The molecule has 0 aliphatic heterocycles. The lowest BCUT2D eigenvalue weighted by Gasteiger charge is -2.19. The number of carbonyl (C=O) groups excluding carboxylic acids is 3. The quantitative estimate of drug-likeness (QED) is 0.367. The number of aryl methyl sites for hydroxylation is 1. The van der Waals surface area contributed by atoms with Gasteiger partial charge < -0.3 is 9.84 Å². The SMILES string of the molecule is C=CC(=O)OOC(=O)c1ccc(C(=O)OC(CC)C(C)O)cc1C. The van der Waals surface area contributed by atoms with Gasteiger partial charge in [0.1, 0.15) is 6.10 Å². The average molecular weight is 336 g/mol. The van der Waals surface area contributed by atoms with E-state index in [1.165, 1.54) is 25.1 Å². The van der Waals surface area contributed by atoms with Crippen molar-refractivity contribution in [3.05, 3.63) is 47.5 Å². The van der Waals surface area contributed by atoms with Gasteiger partial charge in [0, 0.05) is 6.08 Å². The second kappa shape index (κ2) is 8.83. The van der Waals surface area contributed by atoms with Crippen molar-refractivity contribution >= 4 is 17.9 Å². The van der Waals surface area contributed by atoms with E-state index in [4.69, 9.17) is 4.74 Å². The molecule has 2 atom stereocenters. The van der Waals surface area contributed by atoms with Crippen molar-refractivity contribution < 1.29 is 34.0 Å². The summed E-state index contributed by atoms with van der Waals surface area (Å²) in [5, 5.41) is 9.52. The van der Waals surface area contributed by atoms with Gasteiger partial charge in [0.2, 0.25) is 0 Å². The second-order valence-electron chi connectivity index (χ2n) is 5.10. The number of hydrogen-bond donors (Lipinski definition) is 1. The molecule has 0 bridgehead atoms. The van der Waals surface area contributed by atoms with Crippen LogP contribution in [0.1, 0.15) is 46.5 Å². The van der Waals surface area contributed by atoms with Crippen molar-refractivity contribution in [3.63, 3.8) is 0 Å². The Labute approximate surface area is 139 Å². The molecule has 0 aromatic heterocycles. The Morgan fingerprint density at radius 1 is 1.25 bits per heavy atom. The molecule has 1 aromatic rings. The van der Waals surface area contributed by atoms with Crippen molar-refractivity contribution in [2.75, 3.05) is 0 Å². The summed E-state index contributed by atoms with van der Waals surface area (Å²) in [4.78, 5) is 43.3. The monoisotopic (exact) mass is 336 g/mol. The lowest BCUT2D eigenvalue weighted by atomic mass is 10.1. The molecule has 0 spiro atoms. The van der Waals surface area contributed by atoms with Gasteiger partial charge in [-0.1, -0.05) is 13.5 Å². The van der Waals surface area contributed by atoms with E-state index in [1.54, 1.807) is 13.8 Å². The topological polar surface area (TPSA) is 99.1 Å². The number of hydrogen-bond acceptors (Lipinski definition) is 7. The molecule has 24 heavy (non-hydrogen) atoms. The Balaban J connectivity index is 2.83. The molecule has 0 saturated carbocycles. The predicted molar refractivity (Wildman–Crippen MR) is 84.1 cm³/mol. The van der Waals surface area contributed by atoms with E-state index in [0.29, 0.717) is 12.0 Å². The van der Waals surface area contributed by atoms with Crippen LogP contribution in [0.3, 0.4) is 0 Å². The Morgan fingerprint density at radius 2 is 1.92 bits per heavy atom. The fourth-order valence-corrected chi connectivity index (χ4v) is 1.91. The van der Waals surface area contributed by atoms with Crippen molar-refractivity contribution in [3.8, 4) is 0 Å². The van der Waals surface area contributed by atoms with E-state index in [2.05, 4.69) is 16.4 Å². The molecule has 130 valence electrons. The lowest BCUT2D eigenvalue weighted by molar-refractivity contribution is -0.228. The zero-order valence-electron chi connectivity index (χ0n) is 13.8. The second-order valence-corrected chi connectivity index (χ2v) is 5.10. The fraction of sp³-hybridized carbons (Fsp3) is 0.353. The maximum Gasteiger partial charge on any atom is 0.386 e. The Morgan fingerprint density at radius 3 is 2.42 bits per heavy atom. The van der Waals surface area contributed by atoms with E-state index in [9.17, 15) is 19.5 Å². The number of ether oxygens (including phenoxy) is 1. The van der Waals surface area contributed by atoms with Gasteiger partial charge in [-0.25, -0.2) is 24.2 Å². The Hall–Kier alpha value is -2.67. The minimum absolute atomic E-state index is 0.131. The highest BCUT2D eigenvalue weighted by atomic mass is 17.2. The number of aliphatic hydroxyl groups excluding tert-OH is 1. The molecule has 1 rings (SSSR count). The third-order valence-corrected chi connectivity index (χ3v) is 3.25. The molecule has 0 radical (unpaired) electrons. The highest BCUT2D eigenvalue weighted by Crippen LogP contribution is 2.15. The first-order valence-electron chi connectivity index (χ1n) is 7.35. The fourth-order valence-electron chi connectivity index (χ4n) is 1.91. The standard InChI is InChI=1S/C17H20O7/c1-5-14(11(4)18)22-16(20)12-7-8-13(10(3)9-12)17(21)24-23-15(19)6-2/h6-9,11,14,18H,2,5H2,1,3-4H3. The maximum atomic E-state index is 12.1. The molecular weight excluding hydrogens is 316 g/mol. The van der Waals surface area contributed by atoms with Crippen LogP contribution in [-0.2, 0) is 19.3 Å². The summed E-state index contributed by atoms with van der Waals surface area (Å²) < 4.78 is 5.21. The van der Waals surface area contributed by atoms with Crippen LogP contribution in [0.15, 0.2) is 30.9 Å². The van der Waals surface area contributed by atoms with Crippen molar-refractivity contribution in [1.29, 1.82) is 0 Å². The van der Waals surface area contributed by atoms with Crippen LogP contribution < -0.4 is 0 Å². The predicted octanol–water partition coefficient (Wildman–Crippen LogP) is 2.11. The Kier molecular flexibility index (Phi) is 7.13. The normalized spacial score (nSPS) is 12.7. The van der Waals surface area contributed by atoms with Crippen molar-refractivity contribution in [1.82, 2.24) is 0 Å². The number of aliphatic hydroxyl groups is 1. The van der Waals surface area contributed by atoms with E-state index in [-0.39, 0.29) is 11.1 Å². The van der Waals surface area contributed by atoms with E-state index in [1.807, 2.05) is 0 Å². The smallest absolute Gasteiger partial charge is 0.386 e. The first-order chi connectivity index (χ1) is 11.3. The van der Waals surface area contributed by atoms with Gasteiger partial charge in [0.25, 0.3) is 0 Å². The molecule has 0 heterocycles. The molecule has 7 heteroatoms. The largest absolute Gasteiger partial charge is 0.456 e. The summed E-state index contributed by atoms with van der Waals surface area (Å²) in [5.74, 6) is -2.38. The number of carbonyl (C=O) groups is 3. The number of benzene rings is 1. The third kappa shape index (κ3) is 5.20. The van der Waals surface area contributed by atoms with Gasteiger partial charge >= 0.3 is 17.9 Å². The zero-order chi connectivity index (χ0) is 18.3. The van der Waals surface area contributed by atoms with Gasteiger partial charge in [-0.15, -0.1) is 0 Å². The van der Waals surface area contributed by atoms with Crippen LogP contribution in [0.2, 0.25) is 0 Å². The summed E-state index contributed by atoms with van der Waals surface area (Å²) in [7, 11) is 0. The minimum Gasteiger partial charge on any atom is -0.456 e. The van der Waals surface area contributed by atoms with Gasteiger partial charge in [0.15, 0.2) is 0 Å². The van der Waals surface area contributed by atoms with Gasteiger partial charge in [-0.2, -0.15) is 0 Å². The molecule has 1 N–H and O–H groups in total. The summed E-state index contributed by atoms with van der Waals surface area (Å²) in [6.07, 6.45) is -0.0675. The third-order valence-electron chi connectivity index (χ3n) is 3.25. The average Bonchev–Trinajstić information content (AvgIpc) is 2.56. The van der Waals surface area contributed by atoms with E-state index in [0.717, 1.165) is 6.08 Å². The highest BCUT2D eigenvalue weighted by Gasteiger charge is 2.21. The minimum atomic E-state index is -0.898. The molecule has 0 amide bonds. The Bertz CT molecular complexity index is 634. The molecule has 0 fully saturated rings. The summed E-state index contributed by atoms with van der Waals surface area (Å²) in [5.41, 5.74) is 0.798. The zero-order valence-corrected chi connectivity index (χ0v) is 13.8. The maximum absolute atomic E-state index is 12.1. The molecule has 0 saturated heterocycles. The van der Waals surface area contributed by atoms with Gasteiger partial charge in [-0.3, -0.25) is 0 Å². The first kappa shape index (κ1) is 19.4. The van der Waals surface area contributed by atoms with Crippen LogP contribution in [0.25, 0.3) is 0 Å². The molecule has 7 nitrogen and oxygen atoms in total.